The van der Waals surface area contributed by atoms with Crippen LogP contribution in [0.5, 0.6) is 0 Å². The third kappa shape index (κ3) is 5.08. The van der Waals surface area contributed by atoms with Crippen LogP contribution in [0.1, 0.15) is 24.0 Å². The summed E-state index contributed by atoms with van der Waals surface area (Å²) in [6.45, 7) is 2.32. The van der Waals surface area contributed by atoms with Crippen molar-refractivity contribution < 1.29 is 13.5 Å². The van der Waals surface area contributed by atoms with E-state index in [9.17, 15) is 13.6 Å². The standard InChI is InChI=1S/C27H30F2N8O2/c1-16-9-25(38)35(14-24(28)29)13-21(16)17-3-2-4-18(10-17)22-11-20(26-27(31)33-15-34-37(22)26)23(12-30)36(32)19-5-7-39-8-6-19/h2-4,9-13,15,19,24H,5-8,14,30,32H2,1H3,(H2,31,33,34)/b23-12-. The minimum Gasteiger partial charge on any atom is -0.403 e. The molecule has 0 aliphatic carbocycles. The van der Waals surface area contributed by atoms with E-state index >= 15 is 0 Å². The van der Waals surface area contributed by atoms with E-state index in [0.717, 1.165) is 28.5 Å². The summed E-state index contributed by atoms with van der Waals surface area (Å²) in [5.74, 6) is 6.82. The number of hydrazine groups is 1. The summed E-state index contributed by atoms with van der Waals surface area (Å²) in [7, 11) is 0. The van der Waals surface area contributed by atoms with Gasteiger partial charge in [-0.1, -0.05) is 18.2 Å². The molecule has 0 unspecified atom stereocenters. The number of rotatable bonds is 7. The first kappa shape index (κ1) is 26.3. The quantitative estimate of drug-likeness (QED) is 0.242. The highest BCUT2D eigenvalue weighted by Crippen LogP contribution is 2.35. The van der Waals surface area contributed by atoms with Gasteiger partial charge in [-0.2, -0.15) is 5.10 Å². The lowest BCUT2D eigenvalue weighted by Crippen LogP contribution is -2.43. The van der Waals surface area contributed by atoms with E-state index in [2.05, 4.69) is 10.1 Å². The van der Waals surface area contributed by atoms with E-state index in [1.165, 1.54) is 24.8 Å². The lowest BCUT2D eigenvalue weighted by molar-refractivity contribution is 0.0525. The fourth-order valence-electron chi connectivity index (χ4n) is 5.05. The van der Waals surface area contributed by atoms with Crippen molar-refractivity contribution in [1.82, 2.24) is 24.2 Å². The maximum absolute atomic E-state index is 13.1. The molecule has 4 heterocycles. The van der Waals surface area contributed by atoms with Crippen molar-refractivity contribution in [3.05, 3.63) is 76.6 Å². The molecule has 6 N–H and O–H groups in total. The van der Waals surface area contributed by atoms with Crippen LogP contribution in [0.4, 0.5) is 14.6 Å². The Kier molecular flexibility index (Phi) is 7.31. The van der Waals surface area contributed by atoms with Gasteiger partial charge in [0.05, 0.1) is 17.9 Å². The van der Waals surface area contributed by atoms with Crippen LogP contribution in [0.15, 0.2) is 59.9 Å². The molecule has 4 aromatic rings. The molecule has 1 aliphatic heterocycles. The number of alkyl halides is 2. The number of benzene rings is 1. The number of ether oxygens (including phenoxy) is 1. The van der Waals surface area contributed by atoms with Crippen molar-refractivity contribution in [2.24, 2.45) is 11.6 Å². The molecule has 1 aromatic carbocycles. The van der Waals surface area contributed by atoms with E-state index in [1.807, 2.05) is 30.3 Å². The molecule has 0 bridgehead atoms. The van der Waals surface area contributed by atoms with E-state index in [4.69, 9.17) is 22.0 Å². The normalized spacial score (nSPS) is 14.8. The maximum atomic E-state index is 13.1. The van der Waals surface area contributed by atoms with Gasteiger partial charge in [-0.15, -0.1) is 0 Å². The molecule has 3 aromatic heterocycles. The molecular formula is C27H30F2N8O2. The van der Waals surface area contributed by atoms with E-state index < -0.39 is 18.5 Å². The SMILES string of the molecule is Cc1cc(=O)n(CC(F)F)cc1-c1cccc(-c2cc(/C(=C/N)N(N)C3CCOCC3)c3c(N)ncnn23)c1. The first-order valence-electron chi connectivity index (χ1n) is 12.5. The fourth-order valence-corrected chi connectivity index (χ4v) is 5.05. The van der Waals surface area contributed by atoms with Gasteiger partial charge in [-0.25, -0.2) is 24.1 Å². The van der Waals surface area contributed by atoms with Gasteiger partial charge in [-0.3, -0.25) is 4.79 Å². The molecule has 39 heavy (non-hydrogen) atoms. The molecule has 0 spiro atoms. The van der Waals surface area contributed by atoms with Crippen molar-refractivity contribution >= 4 is 17.0 Å². The van der Waals surface area contributed by atoms with Gasteiger partial charge in [0, 0.05) is 54.4 Å². The number of nitrogen functional groups attached to an aromatic ring is 1. The second-order valence-electron chi connectivity index (χ2n) is 9.48. The predicted molar refractivity (Wildman–Crippen MR) is 145 cm³/mol. The summed E-state index contributed by atoms with van der Waals surface area (Å²) < 4.78 is 34.3. The highest BCUT2D eigenvalue weighted by molar-refractivity contribution is 5.89. The minimum atomic E-state index is -2.65. The van der Waals surface area contributed by atoms with Gasteiger partial charge in [0.2, 0.25) is 0 Å². The van der Waals surface area contributed by atoms with Crippen molar-refractivity contribution in [3.8, 4) is 22.4 Å². The summed E-state index contributed by atoms with van der Waals surface area (Å²) >= 11 is 0. The molecule has 1 saturated heterocycles. The number of hydrogen-bond donors (Lipinski definition) is 3. The summed E-state index contributed by atoms with van der Waals surface area (Å²) in [5, 5.41) is 6.11. The molecule has 12 heteroatoms. The molecular weight excluding hydrogens is 506 g/mol. The number of nitrogens with two attached hydrogens (primary N) is 3. The van der Waals surface area contributed by atoms with Crippen LogP contribution in [0.3, 0.4) is 0 Å². The zero-order chi connectivity index (χ0) is 27.7. The Labute approximate surface area is 223 Å². The van der Waals surface area contributed by atoms with E-state index in [0.29, 0.717) is 46.8 Å². The zero-order valence-electron chi connectivity index (χ0n) is 21.4. The van der Waals surface area contributed by atoms with Gasteiger partial charge >= 0.3 is 0 Å². The predicted octanol–water partition coefficient (Wildman–Crippen LogP) is 2.99. The molecule has 1 fully saturated rings. The van der Waals surface area contributed by atoms with E-state index in [1.54, 1.807) is 16.4 Å². The first-order valence-corrected chi connectivity index (χ1v) is 12.5. The molecule has 0 radical (unpaired) electrons. The Morgan fingerprint density at radius 3 is 2.69 bits per heavy atom. The van der Waals surface area contributed by atoms with Crippen molar-refractivity contribution in [1.29, 1.82) is 0 Å². The molecule has 1 aliphatic rings. The second kappa shape index (κ2) is 10.8. The number of fused-ring (bicyclic) bond motifs is 1. The number of nitrogens with zero attached hydrogens (tertiary/aromatic N) is 5. The van der Waals surface area contributed by atoms with Crippen LogP contribution in [0.25, 0.3) is 33.6 Å². The van der Waals surface area contributed by atoms with Gasteiger partial charge in [0.15, 0.2) is 5.82 Å². The van der Waals surface area contributed by atoms with Gasteiger partial charge in [0.1, 0.15) is 11.8 Å². The maximum Gasteiger partial charge on any atom is 0.256 e. The third-order valence-corrected chi connectivity index (χ3v) is 7.02. The minimum absolute atomic E-state index is 0.0352. The highest BCUT2D eigenvalue weighted by Gasteiger charge is 2.26. The van der Waals surface area contributed by atoms with E-state index in [-0.39, 0.29) is 11.9 Å². The monoisotopic (exact) mass is 536 g/mol. The van der Waals surface area contributed by atoms with Crippen LogP contribution in [0, 0.1) is 6.92 Å². The summed E-state index contributed by atoms with van der Waals surface area (Å²) in [6, 6.07) is 10.8. The number of halogens is 2. The Bertz CT molecular complexity index is 1590. The Hall–Kier alpha value is -4.29. The largest absolute Gasteiger partial charge is 0.403 e. The molecule has 204 valence electrons. The Balaban J connectivity index is 1.62. The fraction of sp³-hybridized carbons (Fsp3) is 0.296. The Morgan fingerprint density at radius 1 is 1.23 bits per heavy atom. The number of anilines is 1. The molecule has 10 nitrogen and oxygen atoms in total. The van der Waals surface area contributed by atoms with Crippen LogP contribution >= 0.6 is 0 Å². The highest BCUT2D eigenvalue weighted by atomic mass is 19.3. The summed E-state index contributed by atoms with van der Waals surface area (Å²) in [6.07, 6.45) is 3.16. The Morgan fingerprint density at radius 2 is 1.97 bits per heavy atom. The van der Waals surface area contributed by atoms with Crippen LogP contribution < -0.4 is 22.9 Å². The first-order chi connectivity index (χ1) is 18.8. The van der Waals surface area contributed by atoms with Gasteiger partial charge in [-0.05, 0) is 43.0 Å². The average molecular weight is 537 g/mol. The topological polar surface area (TPSA) is 143 Å². The molecule has 0 amide bonds. The summed E-state index contributed by atoms with van der Waals surface area (Å²) in [5.41, 5.74) is 17.3. The number of aromatic nitrogens is 4. The smallest absolute Gasteiger partial charge is 0.256 e. The van der Waals surface area contributed by atoms with Gasteiger partial charge in [0.25, 0.3) is 12.0 Å². The summed E-state index contributed by atoms with van der Waals surface area (Å²) in [4.78, 5) is 16.4. The van der Waals surface area contributed by atoms with Gasteiger partial charge < -0.3 is 25.8 Å². The number of pyridine rings is 1. The molecule has 0 saturated carbocycles. The molecule has 5 rings (SSSR count). The van der Waals surface area contributed by atoms with Crippen LogP contribution in [0.2, 0.25) is 0 Å². The van der Waals surface area contributed by atoms with Crippen molar-refractivity contribution in [2.45, 2.75) is 38.8 Å². The van der Waals surface area contributed by atoms with Crippen LogP contribution in [-0.2, 0) is 11.3 Å². The molecule has 0 atom stereocenters. The third-order valence-electron chi connectivity index (χ3n) is 7.02. The average Bonchev–Trinajstić information content (AvgIpc) is 3.31. The number of aryl methyl sites for hydroxylation is 1. The number of hydrogen-bond acceptors (Lipinski definition) is 8. The lowest BCUT2D eigenvalue weighted by Gasteiger charge is -2.33. The zero-order valence-corrected chi connectivity index (χ0v) is 21.4. The lowest BCUT2D eigenvalue weighted by atomic mass is 9.99. The van der Waals surface area contributed by atoms with Crippen LogP contribution in [-0.4, -0.2) is 49.9 Å². The second-order valence-corrected chi connectivity index (χ2v) is 9.48. The van der Waals surface area contributed by atoms with Crippen molar-refractivity contribution in [3.63, 3.8) is 0 Å². The van der Waals surface area contributed by atoms with Crippen molar-refractivity contribution in [2.75, 3.05) is 18.9 Å².